The number of likely N-dealkylation sites (N-methyl/N-ethyl adjacent to an activating group) is 2. The van der Waals surface area contributed by atoms with Crippen LogP contribution < -0.4 is 5.32 Å². The van der Waals surface area contributed by atoms with E-state index >= 15 is 0 Å². The summed E-state index contributed by atoms with van der Waals surface area (Å²) in [6, 6.07) is 9.32. The van der Waals surface area contributed by atoms with Crippen LogP contribution in [-0.4, -0.2) is 44.3 Å². The van der Waals surface area contributed by atoms with Crippen LogP contribution in [0.25, 0.3) is 0 Å². The van der Waals surface area contributed by atoms with Crippen LogP contribution in [0.2, 0.25) is 0 Å². The Morgan fingerprint density at radius 1 is 1.45 bits per heavy atom. The van der Waals surface area contributed by atoms with Crippen LogP contribution >= 0.6 is 0 Å². The van der Waals surface area contributed by atoms with E-state index in [2.05, 4.69) is 55.4 Å². The zero-order chi connectivity index (χ0) is 14.4. The Kier molecular flexibility index (Phi) is 6.02. The van der Waals surface area contributed by atoms with Crippen LogP contribution in [0.3, 0.4) is 0 Å². The standard InChI is InChI=1S/C17H28N2O/c1-4-18-17(16-8-9-20-13-16)12-19(3)11-15-7-5-6-14(2)10-15/h5-7,10,16-18H,4,8-9,11-13H2,1-3H3. The van der Waals surface area contributed by atoms with Gasteiger partial charge in [0.15, 0.2) is 0 Å². The molecule has 0 spiro atoms. The van der Waals surface area contributed by atoms with Gasteiger partial charge in [0.25, 0.3) is 0 Å². The van der Waals surface area contributed by atoms with E-state index in [9.17, 15) is 0 Å². The van der Waals surface area contributed by atoms with Crippen molar-refractivity contribution < 1.29 is 4.74 Å². The van der Waals surface area contributed by atoms with Gasteiger partial charge in [0.05, 0.1) is 6.61 Å². The quantitative estimate of drug-likeness (QED) is 0.828. The first-order valence-corrected chi connectivity index (χ1v) is 7.74. The van der Waals surface area contributed by atoms with Gasteiger partial charge in [-0.25, -0.2) is 0 Å². The molecular weight excluding hydrogens is 248 g/mol. The number of nitrogens with one attached hydrogen (secondary N) is 1. The maximum absolute atomic E-state index is 5.54. The molecule has 1 N–H and O–H groups in total. The summed E-state index contributed by atoms with van der Waals surface area (Å²) in [7, 11) is 2.21. The summed E-state index contributed by atoms with van der Waals surface area (Å²) in [5.74, 6) is 0.662. The number of hydrogen-bond acceptors (Lipinski definition) is 3. The van der Waals surface area contributed by atoms with Crippen molar-refractivity contribution in [2.75, 3.05) is 33.4 Å². The van der Waals surface area contributed by atoms with Crippen LogP contribution in [0.15, 0.2) is 24.3 Å². The molecule has 0 aliphatic carbocycles. The van der Waals surface area contributed by atoms with Crippen molar-refractivity contribution in [3.63, 3.8) is 0 Å². The second kappa shape index (κ2) is 7.77. The van der Waals surface area contributed by atoms with Crippen molar-refractivity contribution in [3.8, 4) is 0 Å². The predicted molar refractivity (Wildman–Crippen MR) is 83.9 cm³/mol. The maximum atomic E-state index is 5.54. The van der Waals surface area contributed by atoms with Crippen molar-refractivity contribution in [3.05, 3.63) is 35.4 Å². The third-order valence-corrected chi connectivity index (χ3v) is 4.04. The summed E-state index contributed by atoms with van der Waals surface area (Å²) in [5.41, 5.74) is 2.73. The van der Waals surface area contributed by atoms with Crippen LogP contribution in [0.5, 0.6) is 0 Å². The molecule has 112 valence electrons. The highest BCUT2D eigenvalue weighted by Crippen LogP contribution is 2.18. The van der Waals surface area contributed by atoms with Gasteiger partial charge in [-0.05, 0) is 32.5 Å². The van der Waals surface area contributed by atoms with Crippen molar-refractivity contribution in [1.82, 2.24) is 10.2 Å². The molecule has 1 saturated heterocycles. The monoisotopic (exact) mass is 276 g/mol. The largest absolute Gasteiger partial charge is 0.381 e. The second-order valence-electron chi connectivity index (χ2n) is 5.97. The molecule has 0 amide bonds. The third-order valence-electron chi connectivity index (χ3n) is 4.04. The van der Waals surface area contributed by atoms with Crippen LogP contribution in [0.4, 0.5) is 0 Å². The molecule has 1 fully saturated rings. The first-order chi connectivity index (χ1) is 9.69. The molecule has 1 aliphatic rings. The molecule has 3 heteroatoms. The Bertz CT molecular complexity index is 402. The minimum absolute atomic E-state index is 0.539. The van der Waals surface area contributed by atoms with Gasteiger partial charge in [0, 0.05) is 31.7 Å². The van der Waals surface area contributed by atoms with E-state index in [-0.39, 0.29) is 0 Å². The highest BCUT2D eigenvalue weighted by atomic mass is 16.5. The minimum atomic E-state index is 0.539. The van der Waals surface area contributed by atoms with Crippen molar-refractivity contribution in [2.24, 2.45) is 5.92 Å². The fraction of sp³-hybridized carbons (Fsp3) is 0.647. The van der Waals surface area contributed by atoms with Crippen molar-refractivity contribution in [1.29, 1.82) is 0 Å². The SMILES string of the molecule is CCNC(CN(C)Cc1cccc(C)c1)C1CCOC1. The first kappa shape index (κ1) is 15.5. The van der Waals surface area contributed by atoms with Gasteiger partial charge in [-0.15, -0.1) is 0 Å². The molecule has 20 heavy (non-hydrogen) atoms. The Morgan fingerprint density at radius 2 is 2.30 bits per heavy atom. The maximum Gasteiger partial charge on any atom is 0.0510 e. The summed E-state index contributed by atoms with van der Waals surface area (Å²) in [4.78, 5) is 2.42. The molecule has 2 atom stereocenters. The van der Waals surface area contributed by atoms with Gasteiger partial charge in [0.1, 0.15) is 0 Å². The van der Waals surface area contributed by atoms with Crippen LogP contribution in [0, 0.1) is 12.8 Å². The zero-order valence-corrected chi connectivity index (χ0v) is 13.1. The summed E-state index contributed by atoms with van der Waals surface area (Å²) in [6.07, 6.45) is 1.19. The topological polar surface area (TPSA) is 24.5 Å². The molecule has 3 nitrogen and oxygen atoms in total. The van der Waals surface area contributed by atoms with Crippen LogP contribution in [0.1, 0.15) is 24.5 Å². The number of aryl methyl sites for hydroxylation is 1. The van der Waals surface area contributed by atoms with E-state index in [0.717, 1.165) is 32.8 Å². The lowest BCUT2D eigenvalue weighted by Gasteiger charge is -2.28. The van der Waals surface area contributed by atoms with E-state index in [1.807, 2.05) is 0 Å². The average Bonchev–Trinajstić information content (AvgIpc) is 2.92. The lowest BCUT2D eigenvalue weighted by Crippen LogP contribution is -2.44. The number of nitrogens with zero attached hydrogens (tertiary/aromatic N) is 1. The Labute approximate surface area is 123 Å². The van der Waals surface area contributed by atoms with Gasteiger partial charge in [0.2, 0.25) is 0 Å². The fourth-order valence-electron chi connectivity index (χ4n) is 3.04. The third kappa shape index (κ3) is 4.58. The molecular formula is C17H28N2O. The normalized spacial score (nSPS) is 20.5. The predicted octanol–water partition coefficient (Wildman–Crippen LogP) is 2.44. The molecule has 0 radical (unpaired) electrons. The molecule has 0 aromatic heterocycles. The van der Waals surface area contributed by atoms with Gasteiger partial charge in [-0.3, -0.25) is 0 Å². The Balaban J connectivity index is 1.88. The minimum Gasteiger partial charge on any atom is -0.381 e. The summed E-state index contributed by atoms with van der Waals surface area (Å²) in [6.45, 7) is 9.29. The van der Waals surface area contributed by atoms with E-state index < -0.39 is 0 Å². The molecule has 1 heterocycles. The smallest absolute Gasteiger partial charge is 0.0510 e. The molecule has 1 aliphatic heterocycles. The molecule has 1 aromatic carbocycles. The van der Waals surface area contributed by atoms with E-state index in [4.69, 9.17) is 4.74 Å². The van der Waals surface area contributed by atoms with E-state index in [1.165, 1.54) is 17.5 Å². The van der Waals surface area contributed by atoms with Gasteiger partial charge >= 0.3 is 0 Å². The van der Waals surface area contributed by atoms with E-state index in [0.29, 0.717) is 12.0 Å². The number of benzene rings is 1. The first-order valence-electron chi connectivity index (χ1n) is 7.74. The molecule has 2 rings (SSSR count). The average molecular weight is 276 g/mol. The summed E-state index contributed by atoms with van der Waals surface area (Å²) < 4.78 is 5.54. The van der Waals surface area contributed by atoms with Crippen LogP contribution in [-0.2, 0) is 11.3 Å². The van der Waals surface area contributed by atoms with Crippen molar-refractivity contribution >= 4 is 0 Å². The van der Waals surface area contributed by atoms with Gasteiger partial charge in [-0.2, -0.15) is 0 Å². The van der Waals surface area contributed by atoms with E-state index in [1.54, 1.807) is 0 Å². The van der Waals surface area contributed by atoms with Gasteiger partial charge in [-0.1, -0.05) is 36.8 Å². The number of ether oxygens (including phenoxy) is 1. The molecule has 0 saturated carbocycles. The Hall–Kier alpha value is -0.900. The lowest BCUT2D eigenvalue weighted by atomic mass is 9.98. The van der Waals surface area contributed by atoms with Crippen molar-refractivity contribution in [2.45, 2.75) is 32.9 Å². The molecule has 0 bridgehead atoms. The lowest BCUT2D eigenvalue weighted by molar-refractivity contribution is 0.166. The highest BCUT2D eigenvalue weighted by Gasteiger charge is 2.25. The zero-order valence-electron chi connectivity index (χ0n) is 13.1. The highest BCUT2D eigenvalue weighted by molar-refractivity contribution is 5.22. The molecule has 1 aromatic rings. The summed E-state index contributed by atoms with van der Waals surface area (Å²) >= 11 is 0. The number of hydrogen-bond donors (Lipinski definition) is 1. The van der Waals surface area contributed by atoms with Gasteiger partial charge < -0.3 is 15.0 Å². The Morgan fingerprint density at radius 3 is 2.95 bits per heavy atom. The molecule has 2 unspecified atom stereocenters. The summed E-state index contributed by atoms with van der Waals surface area (Å²) in [5, 5.41) is 3.63. The fourth-order valence-corrected chi connectivity index (χ4v) is 3.04. The number of rotatable bonds is 7. The second-order valence-corrected chi connectivity index (χ2v) is 5.97.